The molecule has 1 amide bonds. The van der Waals surface area contributed by atoms with E-state index < -0.39 is 0 Å². The van der Waals surface area contributed by atoms with Crippen LogP contribution in [0.4, 0.5) is 9.52 Å². The summed E-state index contributed by atoms with van der Waals surface area (Å²) in [7, 11) is 0. The van der Waals surface area contributed by atoms with E-state index in [1.807, 2.05) is 0 Å². The molecule has 0 spiro atoms. The van der Waals surface area contributed by atoms with E-state index in [0.29, 0.717) is 10.6 Å². The van der Waals surface area contributed by atoms with Crippen molar-refractivity contribution in [3.05, 3.63) is 24.0 Å². The molecule has 0 aliphatic carbocycles. The van der Waals surface area contributed by atoms with E-state index in [0.717, 1.165) is 24.1 Å². The van der Waals surface area contributed by atoms with Gasteiger partial charge in [-0.3, -0.25) is 4.79 Å². The summed E-state index contributed by atoms with van der Waals surface area (Å²) in [5.74, 6) is -0.290. The molecule has 0 bridgehead atoms. The molecule has 1 aliphatic rings. The summed E-state index contributed by atoms with van der Waals surface area (Å²) in [5.41, 5.74) is 0.624. The standard InChI is InChI=1S/C12H12FN3OS/c13-7-3-4-10-9(6-7)16-12(18-10)15-8-2-1-5-14-11(8)17/h3-4,6,8H,1-2,5H2,(H,14,17)(H,15,16). The number of rotatable bonds is 2. The second-order valence-electron chi connectivity index (χ2n) is 4.26. The Morgan fingerprint density at radius 1 is 1.50 bits per heavy atom. The molecule has 18 heavy (non-hydrogen) atoms. The molecule has 2 aromatic rings. The van der Waals surface area contributed by atoms with Gasteiger partial charge in [-0.15, -0.1) is 0 Å². The summed E-state index contributed by atoms with van der Waals surface area (Å²) >= 11 is 1.43. The van der Waals surface area contributed by atoms with Gasteiger partial charge in [0.1, 0.15) is 11.9 Å². The first-order valence-corrected chi connectivity index (χ1v) is 6.64. The zero-order valence-corrected chi connectivity index (χ0v) is 10.4. The van der Waals surface area contributed by atoms with Crippen LogP contribution in [-0.4, -0.2) is 23.5 Å². The van der Waals surface area contributed by atoms with Gasteiger partial charge in [-0.1, -0.05) is 11.3 Å². The fraction of sp³-hybridized carbons (Fsp3) is 0.333. The minimum Gasteiger partial charge on any atom is -0.354 e. The third kappa shape index (κ3) is 2.15. The number of aromatic nitrogens is 1. The van der Waals surface area contributed by atoms with Crippen molar-refractivity contribution in [1.29, 1.82) is 0 Å². The highest BCUT2D eigenvalue weighted by molar-refractivity contribution is 7.22. The maximum absolute atomic E-state index is 13.0. The average Bonchev–Trinajstić information content (AvgIpc) is 2.73. The molecule has 94 valence electrons. The van der Waals surface area contributed by atoms with Crippen LogP contribution in [0.25, 0.3) is 10.2 Å². The number of halogens is 1. The average molecular weight is 265 g/mol. The lowest BCUT2D eigenvalue weighted by Crippen LogP contribution is -2.44. The number of carbonyl (C=O) groups is 1. The molecular formula is C12H12FN3OS. The van der Waals surface area contributed by atoms with Gasteiger partial charge >= 0.3 is 0 Å². The number of hydrogen-bond acceptors (Lipinski definition) is 4. The highest BCUT2D eigenvalue weighted by Gasteiger charge is 2.22. The van der Waals surface area contributed by atoms with Crippen LogP contribution in [0.2, 0.25) is 0 Å². The van der Waals surface area contributed by atoms with Gasteiger partial charge in [0, 0.05) is 12.6 Å². The molecule has 0 saturated carbocycles. The Balaban J connectivity index is 1.84. The number of nitrogens with one attached hydrogen (secondary N) is 2. The first kappa shape index (κ1) is 11.4. The van der Waals surface area contributed by atoms with Crippen molar-refractivity contribution in [1.82, 2.24) is 10.3 Å². The minimum atomic E-state index is -0.297. The number of amides is 1. The second-order valence-corrected chi connectivity index (χ2v) is 5.29. The van der Waals surface area contributed by atoms with E-state index in [4.69, 9.17) is 0 Å². The van der Waals surface area contributed by atoms with Crippen molar-refractivity contribution >= 4 is 32.6 Å². The number of anilines is 1. The largest absolute Gasteiger partial charge is 0.354 e. The third-order valence-electron chi connectivity index (χ3n) is 2.93. The van der Waals surface area contributed by atoms with E-state index in [1.54, 1.807) is 6.07 Å². The van der Waals surface area contributed by atoms with Crippen molar-refractivity contribution in [2.75, 3.05) is 11.9 Å². The summed E-state index contributed by atoms with van der Waals surface area (Å²) in [5, 5.41) is 6.59. The van der Waals surface area contributed by atoms with Crippen LogP contribution in [-0.2, 0) is 4.79 Å². The Morgan fingerprint density at radius 2 is 2.39 bits per heavy atom. The van der Waals surface area contributed by atoms with Crippen LogP contribution in [0.5, 0.6) is 0 Å². The van der Waals surface area contributed by atoms with Crippen molar-refractivity contribution < 1.29 is 9.18 Å². The summed E-state index contributed by atoms with van der Waals surface area (Å²) in [4.78, 5) is 15.9. The molecule has 1 aromatic heterocycles. The summed E-state index contributed by atoms with van der Waals surface area (Å²) in [6, 6.07) is 4.29. The molecule has 2 N–H and O–H groups in total. The normalized spacial score (nSPS) is 19.8. The van der Waals surface area contributed by atoms with Gasteiger partial charge < -0.3 is 10.6 Å². The minimum absolute atomic E-state index is 0.00619. The molecule has 1 aromatic carbocycles. The lowest BCUT2D eigenvalue weighted by molar-refractivity contribution is -0.123. The van der Waals surface area contributed by atoms with Crippen LogP contribution in [0, 0.1) is 5.82 Å². The van der Waals surface area contributed by atoms with Crippen LogP contribution in [0.3, 0.4) is 0 Å². The topological polar surface area (TPSA) is 54.0 Å². The predicted octanol–water partition coefficient (Wildman–Crippen LogP) is 2.13. The third-order valence-corrected chi connectivity index (χ3v) is 3.90. The Morgan fingerprint density at radius 3 is 3.22 bits per heavy atom. The monoisotopic (exact) mass is 265 g/mol. The molecule has 1 saturated heterocycles. The first-order chi connectivity index (χ1) is 8.72. The van der Waals surface area contributed by atoms with Gasteiger partial charge in [-0.05, 0) is 25.0 Å². The van der Waals surface area contributed by atoms with Gasteiger partial charge in [-0.2, -0.15) is 0 Å². The maximum Gasteiger partial charge on any atom is 0.242 e. The molecule has 1 unspecified atom stereocenters. The van der Waals surface area contributed by atoms with E-state index >= 15 is 0 Å². The van der Waals surface area contributed by atoms with Gasteiger partial charge in [0.25, 0.3) is 0 Å². The van der Waals surface area contributed by atoms with E-state index in [1.165, 1.54) is 23.5 Å². The van der Waals surface area contributed by atoms with Crippen LogP contribution in [0.1, 0.15) is 12.8 Å². The number of thiazole rings is 1. The zero-order valence-electron chi connectivity index (χ0n) is 9.57. The Kier molecular flexibility index (Phi) is 2.87. The van der Waals surface area contributed by atoms with Crippen LogP contribution in [0.15, 0.2) is 18.2 Å². The Bertz CT molecular complexity index is 598. The predicted molar refractivity (Wildman–Crippen MR) is 69.2 cm³/mol. The summed E-state index contributed by atoms with van der Waals surface area (Å²) in [6.45, 7) is 0.738. The highest BCUT2D eigenvalue weighted by Crippen LogP contribution is 2.27. The quantitative estimate of drug-likeness (QED) is 0.874. The van der Waals surface area contributed by atoms with Crippen molar-refractivity contribution in [2.45, 2.75) is 18.9 Å². The van der Waals surface area contributed by atoms with E-state index in [-0.39, 0.29) is 17.8 Å². The van der Waals surface area contributed by atoms with Crippen molar-refractivity contribution in [3.63, 3.8) is 0 Å². The van der Waals surface area contributed by atoms with Gasteiger partial charge in [0.2, 0.25) is 5.91 Å². The molecule has 4 nitrogen and oxygen atoms in total. The SMILES string of the molecule is O=C1NCCCC1Nc1nc2cc(F)ccc2s1. The molecule has 2 heterocycles. The van der Waals surface area contributed by atoms with Crippen molar-refractivity contribution in [3.8, 4) is 0 Å². The molecule has 0 radical (unpaired) electrons. The number of hydrogen-bond donors (Lipinski definition) is 2. The van der Waals surface area contributed by atoms with E-state index in [2.05, 4.69) is 15.6 Å². The van der Waals surface area contributed by atoms with Crippen LogP contribution < -0.4 is 10.6 Å². The Hall–Kier alpha value is -1.69. The summed E-state index contributed by atoms with van der Waals surface area (Å²) in [6.07, 6.45) is 1.76. The highest BCUT2D eigenvalue weighted by atomic mass is 32.1. The lowest BCUT2D eigenvalue weighted by Gasteiger charge is -2.22. The maximum atomic E-state index is 13.0. The molecule has 1 aliphatic heterocycles. The van der Waals surface area contributed by atoms with Gasteiger partial charge in [-0.25, -0.2) is 9.37 Å². The zero-order chi connectivity index (χ0) is 12.5. The number of piperidine rings is 1. The lowest BCUT2D eigenvalue weighted by atomic mass is 10.1. The molecule has 3 rings (SSSR count). The van der Waals surface area contributed by atoms with Crippen molar-refractivity contribution in [2.24, 2.45) is 0 Å². The number of fused-ring (bicyclic) bond motifs is 1. The van der Waals surface area contributed by atoms with Gasteiger partial charge in [0.05, 0.1) is 10.2 Å². The van der Waals surface area contributed by atoms with Gasteiger partial charge in [0.15, 0.2) is 5.13 Å². The molecule has 6 heteroatoms. The molecule has 1 atom stereocenters. The number of carbonyl (C=O) groups excluding carboxylic acids is 1. The Labute approximate surface area is 107 Å². The fourth-order valence-corrected chi connectivity index (χ4v) is 2.92. The van der Waals surface area contributed by atoms with E-state index in [9.17, 15) is 9.18 Å². The molecule has 1 fully saturated rings. The molecular weight excluding hydrogens is 253 g/mol. The summed E-state index contributed by atoms with van der Waals surface area (Å²) < 4.78 is 14.0. The first-order valence-electron chi connectivity index (χ1n) is 5.83. The smallest absolute Gasteiger partial charge is 0.242 e. The fourth-order valence-electron chi connectivity index (χ4n) is 2.02. The second kappa shape index (κ2) is 4.53. The number of nitrogens with zero attached hydrogens (tertiary/aromatic N) is 1. The number of benzene rings is 1. The van der Waals surface area contributed by atoms with Crippen LogP contribution >= 0.6 is 11.3 Å².